The van der Waals surface area contributed by atoms with Gasteiger partial charge in [-0.1, -0.05) is 6.07 Å². The molecule has 0 aliphatic heterocycles. The predicted molar refractivity (Wildman–Crippen MR) is 70.9 cm³/mol. The summed E-state index contributed by atoms with van der Waals surface area (Å²) in [4.78, 5) is 4.26. The number of hydrogen-bond donors (Lipinski definition) is 0. The molecule has 1 heterocycles. The van der Waals surface area contributed by atoms with Gasteiger partial charge in [0.15, 0.2) is 0 Å². The van der Waals surface area contributed by atoms with Gasteiger partial charge in [0.05, 0.1) is 23.6 Å². The molecule has 0 fully saturated rings. The highest BCUT2D eigenvalue weighted by molar-refractivity contribution is 6.16. The first-order valence-electron chi connectivity index (χ1n) is 6.05. The number of fused-ring (bicyclic) bond motifs is 1. The number of imidazole rings is 1. The maximum Gasteiger partial charge on any atom is 0.411 e. The summed E-state index contributed by atoms with van der Waals surface area (Å²) < 4.78 is 42.3. The zero-order valence-corrected chi connectivity index (χ0v) is 11.6. The average molecular weight is 318 g/mol. The molecule has 112 valence electrons. The van der Waals surface area contributed by atoms with Crippen molar-refractivity contribution in [2.45, 2.75) is 18.6 Å². The van der Waals surface area contributed by atoms with Gasteiger partial charge in [0, 0.05) is 6.54 Å². The van der Waals surface area contributed by atoms with Gasteiger partial charge in [-0.25, -0.2) is 4.98 Å². The van der Waals surface area contributed by atoms with E-state index in [1.165, 1.54) is 0 Å². The van der Waals surface area contributed by atoms with Gasteiger partial charge in [0.25, 0.3) is 0 Å². The SMILES string of the molecule is N#Cc1cccc2c1nc(CCl)n2CCOCC(F)(F)F. The van der Waals surface area contributed by atoms with Gasteiger partial charge < -0.3 is 9.30 Å². The molecule has 4 nitrogen and oxygen atoms in total. The molecule has 2 rings (SSSR count). The van der Waals surface area contributed by atoms with Crippen molar-refractivity contribution in [3.63, 3.8) is 0 Å². The van der Waals surface area contributed by atoms with Crippen LogP contribution in [0.25, 0.3) is 11.0 Å². The number of ether oxygens (including phenoxy) is 1. The molecule has 2 aromatic rings. The summed E-state index contributed by atoms with van der Waals surface area (Å²) in [5.74, 6) is 0.587. The fraction of sp³-hybridized carbons (Fsp3) is 0.385. The van der Waals surface area contributed by atoms with E-state index in [-0.39, 0.29) is 19.0 Å². The van der Waals surface area contributed by atoms with E-state index in [2.05, 4.69) is 9.72 Å². The minimum atomic E-state index is -4.35. The lowest BCUT2D eigenvalue weighted by Gasteiger charge is -2.10. The minimum absolute atomic E-state index is 0.0961. The van der Waals surface area contributed by atoms with Crippen LogP contribution in [0.3, 0.4) is 0 Å². The number of alkyl halides is 4. The van der Waals surface area contributed by atoms with Crippen molar-refractivity contribution < 1.29 is 17.9 Å². The van der Waals surface area contributed by atoms with Gasteiger partial charge in [0.1, 0.15) is 24.0 Å². The van der Waals surface area contributed by atoms with Gasteiger partial charge in [0.2, 0.25) is 0 Å². The fourth-order valence-corrected chi connectivity index (χ4v) is 2.18. The molecular formula is C13H11ClF3N3O. The highest BCUT2D eigenvalue weighted by Crippen LogP contribution is 2.21. The number of para-hydroxylation sites is 1. The van der Waals surface area contributed by atoms with Gasteiger partial charge >= 0.3 is 6.18 Å². The Morgan fingerprint density at radius 2 is 2.14 bits per heavy atom. The third-order valence-electron chi connectivity index (χ3n) is 2.82. The fourth-order valence-electron chi connectivity index (χ4n) is 1.98. The molecule has 0 amide bonds. The number of nitriles is 1. The average Bonchev–Trinajstić information content (AvgIpc) is 2.80. The summed E-state index contributed by atoms with van der Waals surface area (Å²) >= 11 is 5.80. The topological polar surface area (TPSA) is 50.8 Å². The van der Waals surface area contributed by atoms with Crippen molar-refractivity contribution >= 4 is 22.6 Å². The first-order valence-corrected chi connectivity index (χ1v) is 6.58. The summed E-state index contributed by atoms with van der Waals surface area (Å²) in [7, 11) is 0. The summed E-state index contributed by atoms with van der Waals surface area (Å²) in [5, 5.41) is 9.03. The van der Waals surface area contributed by atoms with Gasteiger partial charge in [-0.15, -0.1) is 11.6 Å². The first kappa shape index (κ1) is 15.6. The maximum atomic E-state index is 12.0. The number of benzene rings is 1. The molecule has 0 aliphatic rings. The largest absolute Gasteiger partial charge is 0.411 e. The summed E-state index contributed by atoms with van der Waals surface area (Å²) in [6, 6.07) is 7.07. The van der Waals surface area contributed by atoms with Crippen LogP contribution in [0.4, 0.5) is 13.2 Å². The molecule has 0 spiro atoms. The molecule has 1 aromatic heterocycles. The number of halogens is 4. The molecular weight excluding hydrogens is 307 g/mol. The molecule has 1 aromatic carbocycles. The molecule has 0 N–H and O–H groups in total. The zero-order chi connectivity index (χ0) is 15.5. The highest BCUT2D eigenvalue weighted by Gasteiger charge is 2.27. The number of rotatable bonds is 5. The van der Waals surface area contributed by atoms with Crippen LogP contribution in [0.1, 0.15) is 11.4 Å². The zero-order valence-electron chi connectivity index (χ0n) is 10.8. The van der Waals surface area contributed by atoms with E-state index in [0.29, 0.717) is 22.4 Å². The van der Waals surface area contributed by atoms with Crippen LogP contribution >= 0.6 is 11.6 Å². The van der Waals surface area contributed by atoms with E-state index in [4.69, 9.17) is 16.9 Å². The predicted octanol–water partition coefficient (Wildman–Crippen LogP) is 3.23. The van der Waals surface area contributed by atoms with E-state index >= 15 is 0 Å². The second-order valence-electron chi connectivity index (χ2n) is 4.27. The second-order valence-corrected chi connectivity index (χ2v) is 4.53. The molecule has 0 unspecified atom stereocenters. The number of nitrogens with zero attached hydrogens (tertiary/aromatic N) is 3. The molecule has 0 aliphatic carbocycles. The maximum absolute atomic E-state index is 12.0. The Bertz CT molecular complexity index is 676. The molecule has 0 radical (unpaired) electrons. The van der Waals surface area contributed by atoms with Crippen molar-refractivity contribution in [3.8, 4) is 6.07 Å². The van der Waals surface area contributed by atoms with Crippen molar-refractivity contribution in [1.29, 1.82) is 5.26 Å². The first-order chi connectivity index (χ1) is 9.96. The summed E-state index contributed by atoms with van der Waals surface area (Å²) in [6.45, 7) is -1.23. The van der Waals surface area contributed by atoms with Crippen LogP contribution in [0, 0.1) is 11.3 Å². The Morgan fingerprint density at radius 1 is 1.38 bits per heavy atom. The number of aromatic nitrogens is 2. The van der Waals surface area contributed by atoms with E-state index in [1.54, 1.807) is 22.8 Å². The Balaban J connectivity index is 2.21. The van der Waals surface area contributed by atoms with Gasteiger partial charge in [-0.2, -0.15) is 18.4 Å². The third-order valence-corrected chi connectivity index (χ3v) is 3.06. The molecule has 0 saturated carbocycles. The van der Waals surface area contributed by atoms with Gasteiger partial charge in [-0.05, 0) is 12.1 Å². The summed E-state index contributed by atoms with van der Waals surface area (Å²) in [5.41, 5.74) is 1.54. The smallest absolute Gasteiger partial charge is 0.370 e. The summed E-state index contributed by atoms with van der Waals surface area (Å²) in [6.07, 6.45) is -4.35. The highest BCUT2D eigenvalue weighted by atomic mass is 35.5. The second kappa shape index (κ2) is 6.33. The van der Waals surface area contributed by atoms with E-state index in [9.17, 15) is 13.2 Å². The van der Waals surface area contributed by atoms with Crippen molar-refractivity contribution in [3.05, 3.63) is 29.6 Å². The monoisotopic (exact) mass is 317 g/mol. The standard InChI is InChI=1S/C13H11ClF3N3O/c14-6-11-19-12-9(7-18)2-1-3-10(12)20(11)4-5-21-8-13(15,16)17/h1-3H,4-6,8H2. The van der Waals surface area contributed by atoms with E-state index in [0.717, 1.165) is 0 Å². The quantitative estimate of drug-likeness (QED) is 0.628. The van der Waals surface area contributed by atoms with Gasteiger partial charge in [-0.3, -0.25) is 0 Å². The van der Waals surface area contributed by atoms with Crippen LogP contribution in [0.2, 0.25) is 0 Å². The minimum Gasteiger partial charge on any atom is -0.370 e. The van der Waals surface area contributed by atoms with Crippen LogP contribution in [-0.2, 0) is 17.2 Å². The molecule has 0 bridgehead atoms. The normalized spacial score (nSPS) is 11.8. The molecule has 0 atom stereocenters. The lowest BCUT2D eigenvalue weighted by molar-refractivity contribution is -0.174. The lowest BCUT2D eigenvalue weighted by atomic mass is 10.2. The lowest BCUT2D eigenvalue weighted by Crippen LogP contribution is -2.19. The molecule has 8 heteroatoms. The Morgan fingerprint density at radius 3 is 2.76 bits per heavy atom. The van der Waals surface area contributed by atoms with Crippen LogP contribution in [-0.4, -0.2) is 28.9 Å². The van der Waals surface area contributed by atoms with Crippen molar-refractivity contribution in [2.75, 3.05) is 13.2 Å². The van der Waals surface area contributed by atoms with Crippen molar-refractivity contribution in [1.82, 2.24) is 9.55 Å². The van der Waals surface area contributed by atoms with E-state index < -0.39 is 12.8 Å². The van der Waals surface area contributed by atoms with Crippen LogP contribution < -0.4 is 0 Å². The Hall–Kier alpha value is -1.78. The molecule has 0 saturated heterocycles. The van der Waals surface area contributed by atoms with E-state index in [1.807, 2.05) is 6.07 Å². The molecule has 21 heavy (non-hydrogen) atoms. The van der Waals surface area contributed by atoms with Crippen LogP contribution in [0.5, 0.6) is 0 Å². The third kappa shape index (κ3) is 3.65. The Labute approximate surface area is 123 Å². The Kier molecular flexibility index (Phi) is 4.70. The van der Waals surface area contributed by atoms with Crippen molar-refractivity contribution in [2.24, 2.45) is 0 Å². The van der Waals surface area contributed by atoms with Crippen LogP contribution in [0.15, 0.2) is 18.2 Å². The number of hydrogen-bond acceptors (Lipinski definition) is 3.